The fourth-order valence-corrected chi connectivity index (χ4v) is 12.6. The lowest BCUT2D eigenvalue weighted by Crippen LogP contribution is -2.62. The zero-order chi connectivity index (χ0) is 69.6. The van der Waals surface area contributed by atoms with Gasteiger partial charge in [-0.1, -0.05) is 104 Å². The monoisotopic (exact) mass is 1310 g/mol. The van der Waals surface area contributed by atoms with E-state index in [4.69, 9.17) is 19.9 Å². The third-order valence-electron chi connectivity index (χ3n) is 18.5. The van der Waals surface area contributed by atoms with E-state index in [1.807, 2.05) is 45.9 Å². The van der Waals surface area contributed by atoms with Crippen LogP contribution in [0.3, 0.4) is 0 Å². The van der Waals surface area contributed by atoms with Gasteiger partial charge in [-0.05, 0) is 106 Å². The second kappa shape index (κ2) is 36.6. The van der Waals surface area contributed by atoms with Crippen LogP contribution in [0.25, 0.3) is 0 Å². The molecule has 94 heavy (non-hydrogen) atoms. The molecule has 12 atom stereocenters. The Balaban J connectivity index is 1.17. The number of nitrogens with two attached hydrogens (primary N) is 1. The molecular formula is C68H103N11O15. The number of amides is 12. The molecule has 3 aliphatic rings. The Morgan fingerprint density at radius 3 is 2.03 bits per heavy atom. The molecule has 0 spiro atoms. The van der Waals surface area contributed by atoms with Crippen molar-refractivity contribution >= 4 is 71.0 Å². The van der Waals surface area contributed by atoms with Crippen LogP contribution in [0.15, 0.2) is 66.7 Å². The van der Waals surface area contributed by atoms with Crippen molar-refractivity contribution in [2.24, 2.45) is 29.4 Å². The van der Waals surface area contributed by atoms with Crippen LogP contribution in [-0.4, -0.2) is 191 Å². The first kappa shape index (κ1) is 76.7. The molecule has 2 aromatic rings. The van der Waals surface area contributed by atoms with Gasteiger partial charge in [-0.3, -0.25) is 53.0 Å². The fourth-order valence-electron chi connectivity index (χ4n) is 12.6. The molecule has 0 saturated carbocycles. The maximum atomic E-state index is 14.8. The van der Waals surface area contributed by atoms with Gasteiger partial charge in [-0.15, -0.1) is 0 Å². The molecule has 26 heteroatoms. The standard InChI is InChI=1S/C68H103N11O15/c1-13-43(6)58(51(92-11)39-55(83)77-37-21-26-50(77)60(93-12)44(7)61(85)71-45(8)59(84)47-23-16-14-17-24-47)76(10)64(88)57(42(4)5)75-65(89)68(9)34-22-38-79(68)67(91)94-40-46-28-30-48(31-29-46)72-62(86)49(25-20-35-70-66(69)90)73-63(87)56(41(2)3)74-52(80)27-18-15-19-36-78-53(81)32-33-54(78)82/h14,16-17,23-24,28-33,41-45,49-51,56-60,84H,13,15,18-22,25-27,34-40H2,1-12H3,(H,71,85)(H,72,86)(H,73,87)(H,74,80)(H,75,89)(H3,69,70,90). The predicted octanol–water partition coefficient (Wildman–Crippen LogP) is 4.98. The summed E-state index contributed by atoms with van der Waals surface area (Å²) in [5.74, 6) is -5.45. The summed E-state index contributed by atoms with van der Waals surface area (Å²) in [5, 5.41) is 27.7. The van der Waals surface area contributed by atoms with Gasteiger partial charge in [0.1, 0.15) is 30.3 Å². The predicted molar refractivity (Wildman–Crippen MR) is 351 cm³/mol. The number of carbonyl (C=O) groups is 11. The maximum Gasteiger partial charge on any atom is 0.410 e. The average Bonchev–Trinajstić information content (AvgIpc) is 1.55. The third-order valence-corrected chi connectivity index (χ3v) is 18.5. The van der Waals surface area contributed by atoms with Crippen LogP contribution in [0, 0.1) is 23.7 Å². The second-order valence-electron chi connectivity index (χ2n) is 26.0. The number of rotatable bonds is 36. The number of imide groups is 1. The van der Waals surface area contributed by atoms with Crippen LogP contribution < -0.4 is 37.6 Å². The summed E-state index contributed by atoms with van der Waals surface area (Å²) >= 11 is 0. The van der Waals surface area contributed by atoms with Crippen LogP contribution >= 0.6 is 0 Å². The summed E-state index contributed by atoms with van der Waals surface area (Å²) in [5.41, 5.74) is 5.41. The fraction of sp³-hybridized carbons (Fsp3) is 0.632. The minimum Gasteiger partial charge on any atom is -0.445 e. The number of primary amides is 1. The molecule has 2 aromatic carbocycles. The van der Waals surface area contributed by atoms with E-state index in [-0.39, 0.29) is 99.7 Å². The number of hydrogen-bond acceptors (Lipinski definition) is 15. The first-order valence-electron chi connectivity index (χ1n) is 33.1. The van der Waals surface area contributed by atoms with Crippen molar-refractivity contribution in [1.82, 2.24) is 46.2 Å². The van der Waals surface area contributed by atoms with E-state index in [9.17, 15) is 57.8 Å². The number of ether oxygens (including phenoxy) is 3. The summed E-state index contributed by atoms with van der Waals surface area (Å²) in [6.07, 6.45) is 3.83. The second-order valence-corrected chi connectivity index (χ2v) is 26.0. The smallest absolute Gasteiger partial charge is 0.410 e. The lowest BCUT2D eigenvalue weighted by atomic mass is 9.89. The number of anilines is 1. The summed E-state index contributed by atoms with van der Waals surface area (Å²) in [6, 6.07) is 9.94. The number of methoxy groups -OCH3 is 2. The van der Waals surface area contributed by atoms with Gasteiger partial charge in [0.05, 0.1) is 48.8 Å². The molecule has 0 radical (unpaired) electrons. The zero-order valence-corrected chi connectivity index (χ0v) is 56.9. The van der Waals surface area contributed by atoms with Crippen LogP contribution in [0.1, 0.15) is 157 Å². The van der Waals surface area contributed by atoms with E-state index >= 15 is 0 Å². The molecule has 2 fully saturated rings. The Labute approximate surface area is 553 Å². The molecular weight excluding hydrogens is 1210 g/mol. The first-order valence-corrected chi connectivity index (χ1v) is 33.1. The average molecular weight is 1310 g/mol. The third kappa shape index (κ3) is 21.0. The highest BCUT2D eigenvalue weighted by molar-refractivity contribution is 6.12. The molecule has 2 saturated heterocycles. The van der Waals surface area contributed by atoms with Gasteiger partial charge in [0.25, 0.3) is 11.8 Å². The van der Waals surface area contributed by atoms with Crippen molar-refractivity contribution in [3.63, 3.8) is 0 Å². The van der Waals surface area contributed by atoms with Crippen LogP contribution in [-0.2, 0) is 64.0 Å². The number of aliphatic hydroxyl groups excluding tert-OH is 1. The van der Waals surface area contributed by atoms with E-state index < -0.39 is 108 Å². The van der Waals surface area contributed by atoms with E-state index in [1.165, 1.54) is 31.3 Å². The number of likely N-dealkylation sites (N-methyl/N-ethyl adjacent to an activating group) is 1. The number of benzene rings is 2. The topological polar surface area (TPSA) is 347 Å². The Bertz CT molecular complexity index is 2930. The molecule has 3 aliphatic heterocycles. The van der Waals surface area contributed by atoms with Gasteiger partial charge in [-0.25, -0.2) is 9.59 Å². The summed E-state index contributed by atoms with van der Waals surface area (Å²) < 4.78 is 17.8. The van der Waals surface area contributed by atoms with Crippen molar-refractivity contribution < 1.29 is 72.1 Å². The highest BCUT2D eigenvalue weighted by Gasteiger charge is 2.49. The van der Waals surface area contributed by atoms with Gasteiger partial charge in [0.2, 0.25) is 41.4 Å². The molecule has 520 valence electrons. The number of aliphatic hydroxyl groups is 1. The number of hydrogen-bond donors (Lipinski definition) is 8. The van der Waals surface area contributed by atoms with Gasteiger partial charge in [0, 0.05) is 71.7 Å². The molecule has 0 aliphatic carbocycles. The van der Waals surface area contributed by atoms with Gasteiger partial charge >= 0.3 is 12.1 Å². The first-order chi connectivity index (χ1) is 44.6. The number of nitrogens with zero attached hydrogens (tertiary/aromatic N) is 4. The Hall–Kier alpha value is -7.97. The minimum absolute atomic E-state index is 0.0856. The quantitative estimate of drug-likeness (QED) is 0.0330. The number of carbonyl (C=O) groups excluding carboxylic acids is 11. The highest BCUT2D eigenvalue weighted by atomic mass is 16.6. The van der Waals surface area contributed by atoms with Gasteiger partial charge in [0.15, 0.2) is 0 Å². The van der Waals surface area contributed by atoms with Gasteiger partial charge in [-0.2, -0.15) is 0 Å². The molecule has 0 aromatic heterocycles. The molecule has 0 bridgehead atoms. The van der Waals surface area contributed by atoms with Crippen LogP contribution in [0.4, 0.5) is 15.3 Å². The largest absolute Gasteiger partial charge is 0.445 e. The van der Waals surface area contributed by atoms with Crippen molar-refractivity contribution in [3.8, 4) is 0 Å². The minimum atomic E-state index is -1.40. The number of urea groups is 1. The molecule has 26 nitrogen and oxygen atoms in total. The number of likely N-dealkylation sites (tertiary alicyclic amines) is 2. The van der Waals surface area contributed by atoms with Crippen molar-refractivity contribution in [3.05, 3.63) is 77.9 Å². The van der Waals surface area contributed by atoms with Crippen molar-refractivity contribution in [2.45, 2.75) is 206 Å². The lowest BCUT2D eigenvalue weighted by Gasteiger charge is -2.41. The zero-order valence-electron chi connectivity index (χ0n) is 56.9. The van der Waals surface area contributed by atoms with Crippen molar-refractivity contribution in [1.29, 1.82) is 0 Å². The number of unbranched alkanes of at least 4 members (excludes halogenated alkanes) is 2. The van der Waals surface area contributed by atoms with Crippen molar-refractivity contribution in [2.75, 3.05) is 52.8 Å². The van der Waals surface area contributed by atoms with E-state index in [0.717, 1.165) is 4.90 Å². The molecule has 12 amide bonds. The summed E-state index contributed by atoms with van der Waals surface area (Å²) in [6.45, 7) is 17.0. The Morgan fingerprint density at radius 2 is 1.43 bits per heavy atom. The molecule has 5 rings (SSSR count). The van der Waals surface area contributed by atoms with E-state index in [1.54, 1.807) is 87.9 Å². The number of nitrogens with one attached hydrogen (secondary N) is 6. The SMILES string of the molecule is CCC(C)C(C(CC(=O)N1CCCC1C(OC)C(C)C(=O)NC(C)C(O)c1ccccc1)OC)N(C)C(=O)C(NC(=O)C1(C)CCCN1C(=O)OCc1ccc(NC(=O)C(CCCNC(N)=O)NC(=O)C(NC(=O)CCCCCN2C(=O)C=CC2=O)C(C)C)cc1)C(C)C. The summed E-state index contributed by atoms with van der Waals surface area (Å²) in [7, 11) is 4.67. The van der Waals surface area contributed by atoms with E-state index in [0.29, 0.717) is 68.3 Å². The van der Waals surface area contributed by atoms with Gasteiger partial charge < -0.3 is 66.8 Å². The van der Waals surface area contributed by atoms with E-state index in [2.05, 4.69) is 31.9 Å². The van der Waals surface area contributed by atoms with Crippen LogP contribution in [0.5, 0.6) is 0 Å². The maximum absolute atomic E-state index is 14.8. The lowest BCUT2D eigenvalue weighted by molar-refractivity contribution is -0.148. The Morgan fingerprint density at radius 1 is 0.766 bits per heavy atom. The van der Waals surface area contributed by atoms with Crippen LogP contribution in [0.2, 0.25) is 0 Å². The highest BCUT2D eigenvalue weighted by Crippen LogP contribution is 2.33. The Kier molecular flexibility index (Phi) is 29.9. The molecule has 12 unspecified atom stereocenters. The molecule has 3 heterocycles. The summed E-state index contributed by atoms with van der Waals surface area (Å²) in [4.78, 5) is 153. The molecule has 9 N–H and O–H groups in total. The normalized spacial score (nSPS) is 19.5.